The van der Waals surface area contributed by atoms with Crippen LogP contribution in [0.25, 0.3) is 0 Å². The summed E-state index contributed by atoms with van der Waals surface area (Å²) >= 11 is 1.83. The summed E-state index contributed by atoms with van der Waals surface area (Å²) in [6.45, 7) is 1.62. The summed E-state index contributed by atoms with van der Waals surface area (Å²) in [6, 6.07) is 5.94. The monoisotopic (exact) mass is 244 g/mol. The van der Waals surface area contributed by atoms with Crippen LogP contribution in [0.2, 0.25) is 0 Å². The highest BCUT2D eigenvalue weighted by atomic mass is 32.2. The maximum absolute atomic E-state index is 11.5. The second-order valence-electron chi connectivity index (χ2n) is 4.09. The van der Waals surface area contributed by atoms with Gasteiger partial charge in [-0.05, 0) is 19.1 Å². The number of hydrogen-bond acceptors (Lipinski definition) is 3. The van der Waals surface area contributed by atoms with Gasteiger partial charge >= 0.3 is 0 Å². The molecule has 17 heavy (non-hydrogen) atoms. The number of nitrogens with zero attached hydrogens (tertiary/aromatic N) is 2. The Morgan fingerprint density at radius 2 is 2.41 bits per heavy atom. The van der Waals surface area contributed by atoms with Gasteiger partial charge in [0.15, 0.2) is 5.78 Å². The largest absolute Gasteiger partial charge is 0.333 e. The van der Waals surface area contributed by atoms with Gasteiger partial charge in [0.1, 0.15) is 5.37 Å². The second-order valence-corrected chi connectivity index (χ2v) is 5.16. The van der Waals surface area contributed by atoms with E-state index in [4.69, 9.17) is 0 Å². The molecule has 3 rings (SSSR count). The van der Waals surface area contributed by atoms with E-state index in [1.165, 1.54) is 5.56 Å². The van der Waals surface area contributed by atoms with Crippen LogP contribution in [0.4, 0.5) is 0 Å². The second kappa shape index (κ2) is 4.04. The number of ketones is 1. The van der Waals surface area contributed by atoms with Crippen molar-refractivity contribution in [1.82, 2.24) is 9.55 Å². The van der Waals surface area contributed by atoms with Crippen LogP contribution in [-0.4, -0.2) is 15.3 Å². The standard InChI is InChI=1S/C13H12N2OS/c1-9(16)11-4-6-15-12(11)8-17-13(15)10-3-2-5-14-7-10/h2-7,13H,8H2,1H3. The minimum absolute atomic E-state index is 0.145. The average Bonchev–Trinajstić information content (AvgIpc) is 2.89. The van der Waals surface area contributed by atoms with E-state index in [0.717, 1.165) is 17.0 Å². The normalized spacial score (nSPS) is 18.1. The lowest BCUT2D eigenvalue weighted by Crippen LogP contribution is -2.03. The Kier molecular flexibility index (Phi) is 2.52. The summed E-state index contributed by atoms with van der Waals surface area (Å²) in [6.07, 6.45) is 5.67. The Balaban J connectivity index is 2.03. The van der Waals surface area contributed by atoms with E-state index in [-0.39, 0.29) is 11.2 Å². The molecule has 0 bridgehead atoms. The highest BCUT2D eigenvalue weighted by Gasteiger charge is 2.27. The average molecular weight is 244 g/mol. The summed E-state index contributed by atoms with van der Waals surface area (Å²) in [4.78, 5) is 15.6. The molecule has 0 aromatic carbocycles. The van der Waals surface area contributed by atoms with Gasteiger partial charge in [-0.15, -0.1) is 11.8 Å². The zero-order valence-corrected chi connectivity index (χ0v) is 10.3. The molecule has 1 aliphatic heterocycles. The van der Waals surface area contributed by atoms with Crippen LogP contribution in [-0.2, 0) is 5.75 Å². The molecule has 3 heterocycles. The number of pyridine rings is 1. The maximum Gasteiger partial charge on any atom is 0.161 e. The zero-order chi connectivity index (χ0) is 11.8. The third kappa shape index (κ3) is 1.69. The maximum atomic E-state index is 11.5. The zero-order valence-electron chi connectivity index (χ0n) is 9.46. The third-order valence-corrected chi connectivity index (χ3v) is 4.26. The van der Waals surface area contributed by atoms with Gasteiger partial charge in [0.25, 0.3) is 0 Å². The molecular weight excluding hydrogens is 232 g/mol. The fraction of sp³-hybridized carbons (Fsp3) is 0.231. The lowest BCUT2D eigenvalue weighted by molar-refractivity contribution is 0.101. The summed E-state index contributed by atoms with van der Waals surface area (Å²) in [5.74, 6) is 1.03. The molecule has 2 aromatic rings. The number of carbonyl (C=O) groups is 1. The van der Waals surface area contributed by atoms with E-state index in [1.54, 1.807) is 13.1 Å². The fourth-order valence-electron chi connectivity index (χ4n) is 2.19. The highest BCUT2D eigenvalue weighted by molar-refractivity contribution is 7.99. The van der Waals surface area contributed by atoms with E-state index in [1.807, 2.05) is 36.3 Å². The predicted octanol–water partition coefficient (Wildman–Crippen LogP) is 2.88. The number of thioether (sulfide) groups is 1. The molecule has 3 nitrogen and oxygen atoms in total. The van der Waals surface area contributed by atoms with Gasteiger partial charge in [-0.2, -0.15) is 0 Å². The number of fused-ring (bicyclic) bond motifs is 1. The van der Waals surface area contributed by atoms with Crippen molar-refractivity contribution < 1.29 is 4.79 Å². The van der Waals surface area contributed by atoms with E-state index in [2.05, 4.69) is 15.6 Å². The summed E-state index contributed by atoms with van der Waals surface area (Å²) < 4.78 is 2.18. The van der Waals surface area contributed by atoms with Gasteiger partial charge in [-0.25, -0.2) is 0 Å². The topological polar surface area (TPSA) is 34.9 Å². The SMILES string of the molecule is CC(=O)c1ccn2c1CSC2c1cccnc1. The first-order chi connectivity index (χ1) is 8.27. The van der Waals surface area contributed by atoms with Crippen molar-refractivity contribution in [2.24, 2.45) is 0 Å². The van der Waals surface area contributed by atoms with Crippen LogP contribution in [0.1, 0.15) is 33.9 Å². The first kappa shape index (κ1) is 10.6. The molecule has 1 unspecified atom stereocenters. The van der Waals surface area contributed by atoms with E-state index >= 15 is 0 Å². The summed E-state index contributed by atoms with van der Waals surface area (Å²) in [5, 5.41) is 0.256. The number of rotatable bonds is 2. The molecule has 2 aromatic heterocycles. The first-order valence-electron chi connectivity index (χ1n) is 5.49. The van der Waals surface area contributed by atoms with Crippen molar-refractivity contribution in [2.45, 2.75) is 18.1 Å². The molecule has 86 valence electrons. The molecule has 0 saturated carbocycles. The van der Waals surface area contributed by atoms with Gasteiger partial charge in [0.2, 0.25) is 0 Å². The van der Waals surface area contributed by atoms with Crippen molar-refractivity contribution in [3.63, 3.8) is 0 Å². The van der Waals surface area contributed by atoms with Crippen LogP contribution < -0.4 is 0 Å². The molecule has 0 saturated heterocycles. The Bertz CT molecular complexity index is 562. The number of aromatic nitrogens is 2. The summed E-state index contributed by atoms with van der Waals surface area (Å²) in [7, 11) is 0. The fourth-order valence-corrected chi connectivity index (χ4v) is 3.50. The van der Waals surface area contributed by atoms with Crippen molar-refractivity contribution in [3.8, 4) is 0 Å². The Hall–Kier alpha value is -1.55. The molecule has 0 spiro atoms. The Morgan fingerprint density at radius 1 is 1.53 bits per heavy atom. The minimum atomic E-state index is 0.145. The van der Waals surface area contributed by atoms with Crippen LogP contribution in [0.15, 0.2) is 36.8 Å². The minimum Gasteiger partial charge on any atom is -0.333 e. The molecular formula is C13H12N2OS. The van der Waals surface area contributed by atoms with Crippen LogP contribution in [0.3, 0.4) is 0 Å². The van der Waals surface area contributed by atoms with Gasteiger partial charge in [-0.3, -0.25) is 9.78 Å². The molecule has 4 heteroatoms. The number of carbonyl (C=O) groups excluding carboxylic acids is 1. The van der Waals surface area contributed by atoms with Gasteiger partial charge in [-0.1, -0.05) is 6.07 Å². The smallest absolute Gasteiger partial charge is 0.161 e. The molecule has 0 radical (unpaired) electrons. The van der Waals surface area contributed by atoms with Crippen molar-refractivity contribution in [1.29, 1.82) is 0 Å². The Morgan fingerprint density at radius 3 is 3.12 bits per heavy atom. The Labute approximate surface area is 104 Å². The van der Waals surface area contributed by atoms with Crippen molar-refractivity contribution >= 4 is 17.5 Å². The molecule has 1 aliphatic rings. The molecule has 0 N–H and O–H groups in total. The van der Waals surface area contributed by atoms with Crippen molar-refractivity contribution in [3.05, 3.63) is 53.6 Å². The lowest BCUT2D eigenvalue weighted by Gasteiger charge is -2.11. The van der Waals surface area contributed by atoms with E-state index in [0.29, 0.717) is 0 Å². The van der Waals surface area contributed by atoms with Crippen LogP contribution in [0, 0.1) is 0 Å². The third-order valence-electron chi connectivity index (χ3n) is 3.00. The quantitative estimate of drug-likeness (QED) is 0.762. The lowest BCUT2D eigenvalue weighted by atomic mass is 10.2. The number of hydrogen-bond donors (Lipinski definition) is 0. The summed E-state index contributed by atoms with van der Waals surface area (Å²) in [5.41, 5.74) is 3.17. The predicted molar refractivity (Wildman–Crippen MR) is 68.1 cm³/mol. The molecule has 0 amide bonds. The van der Waals surface area contributed by atoms with E-state index in [9.17, 15) is 4.79 Å². The van der Waals surface area contributed by atoms with Gasteiger partial charge in [0, 0.05) is 41.2 Å². The first-order valence-corrected chi connectivity index (χ1v) is 6.54. The molecule has 1 atom stereocenters. The van der Waals surface area contributed by atoms with Crippen LogP contribution >= 0.6 is 11.8 Å². The molecule has 0 fully saturated rings. The molecule has 0 aliphatic carbocycles. The van der Waals surface area contributed by atoms with Crippen molar-refractivity contribution in [2.75, 3.05) is 0 Å². The highest BCUT2D eigenvalue weighted by Crippen LogP contribution is 2.41. The van der Waals surface area contributed by atoms with Gasteiger partial charge in [0.05, 0.1) is 0 Å². The van der Waals surface area contributed by atoms with E-state index < -0.39 is 0 Å². The van der Waals surface area contributed by atoms with Gasteiger partial charge < -0.3 is 4.57 Å². The van der Waals surface area contributed by atoms with Crippen LogP contribution in [0.5, 0.6) is 0 Å². The number of Topliss-reactive ketones (excluding diaryl/α,β-unsaturated/α-hetero) is 1.